The summed E-state index contributed by atoms with van der Waals surface area (Å²) in [5, 5.41) is 2.74. The molecular formula is C25H22N4O2. The van der Waals surface area contributed by atoms with Crippen molar-refractivity contribution >= 4 is 21.7 Å². The summed E-state index contributed by atoms with van der Waals surface area (Å²) in [5.41, 5.74) is 10.4. The van der Waals surface area contributed by atoms with E-state index in [2.05, 4.69) is 27.1 Å². The lowest BCUT2D eigenvalue weighted by atomic mass is 10.0. The van der Waals surface area contributed by atoms with Crippen LogP contribution in [0.1, 0.15) is 5.56 Å². The van der Waals surface area contributed by atoms with Gasteiger partial charge in [-0.15, -0.1) is 0 Å². The zero-order valence-electron chi connectivity index (χ0n) is 16.8. The first-order valence-electron chi connectivity index (χ1n) is 10.2. The molecule has 3 heterocycles. The van der Waals surface area contributed by atoms with Gasteiger partial charge in [-0.1, -0.05) is 24.3 Å². The van der Waals surface area contributed by atoms with Crippen molar-refractivity contribution in [1.82, 2.24) is 15.0 Å². The number of hydrogen-bond donors (Lipinski definition) is 3. The lowest BCUT2D eigenvalue weighted by Gasteiger charge is -2.13. The number of aromatic amines is 2. The summed E-state index contributed by atoms with van der Waals surface area (Å²) in [4.78, 5) is 22.2. The molecule has 6 nitrogen and oxygen atoms in total. The van der Waals surface area contributed by atoms with Crippen LogP contribution in [0.3, 0.4) is 0 Å². The molecule has 2 aromatic carbocycles. The third kappa shape index (κ3) is 3.93. The van der Waals surface area contributed by atoms with E-state index in [0.29, 0.717) is 17.7 Å². The van der Waals surface area contributed by atoms with E-state index < -0.39 is 0 Å². The van der Waals surface area contributed by atoms with Gasteiger partial charge in [0.25, 0.3) is 5.56 Å². The maximum absolute atomic E-state index is 11.9. The Balaban J connectivity index is 1.30. The summed E-state index contributed by atoms with van der Waals surface area (Å²) in [6, 6.07) is 17.6. The highest BCUT2D eigenvalue weighted by Gasteiger charge is 2.10. The first kappa shape index (κ1) is 19.1. The summed E-state index contributed by atoms with van der Waals surface area (Å²) in [6.07, 6.45) is 7.86. The largest absolute Gasteiger partial charge is 0.490 e. The number of benzene rings is 2. The van der Waals surface area contributed by atoms with Crippen molar-refractivity contribution in [1.29, 1.82) is 0 Å². The monoisotopic (exact) mass is 410 g/mol. The Morgan fingerprint density at radius 2 is 1.87 bits per heavy atom. The summed E-state index contributed by atoms with van der Waals surface area (Å²) in [7, 11) is 0. The average molecular weight is 410 g/mol. The molecule has 5 rings (SSSR count). The molecule has 0 aliphatic rings. The van der Waals surface area contributed by atoms with Gasteiger partial charge < -0.3 is 20.4 Å². The molecule has 0 amide bonds. The van der Waals surface area contributed by atoms with Crippen LogP contribution in [0.4, 0.5) is 0 Å². The van der Waals surface area contributed by atoms with Gasteiger partial charge in [-0.25, -0.2) is 0 Å². The van der Waals surface area contributed by atoms with Crippen LogP contribution in [0, 0.1) is 0 Å². The molecule has 0 unspecified atom stereocenters. The molecule has 31 heavy (non-hydrogen) atoms. The number of aromatic nitrogens is 3. The van der Waals surface area contributed by atoms with Crippen molar-refractivity contribution in [3.8, 4) is 16.9 Å². The Kier molecular flexibility index (Phi) is 4.98. The van der Waals surface area contributed by atoms with E-state index in [1.54, 1.807) is 18.6 Å². The Bertz CT molecular complexity index is 1420. The molecule has 154 valence electrons. The van der Waals surface area contributed by atoms with Gasteiger partial charge in [0.1, 0.15) is 12.4 Å². The maximum Gasteiger partial charge on any atom is 0.255 e. The van der Waals surface area contributed by atoms with Gasteiger partial charge in [0.05, 0.1) is 6.20 Å². The molecule has 0 fully saturated rings. The van der Waals surface area contributed by atoms with Gasteiger partial charge in [0, 0.05) is 46.5 Å². The smallest absolute Gasteiger partial charge is 0.255 e. The molecule has 0 aliphatic carbocycles. The zero-order valence-corrected chi connectivity index (χ0v) is 16.8. The molecule has 1 atom stereocenters. The number of para-hydroxylation sites is 1. The minimum absolute atomic E-state index is 0.0940. The Morgan fingerprint density at radius 3 is 2.81 bits per heavy atom. The van der Waals surface area contributed by atoms with E-state index >= 15 is 0 Å². The van der Waals surface area contributed by atoms with Crippen LogP contribution in [0.25, 0.3) is 32.8 Å². The molecule has 3 aromatic heterocycles. The number of nitrogens with one attached hydrogen (secondary N) is 2. The fourth-order valence-corrected chi connectivity index (χ4v) is 3.87. The lowest BCUT2D eigenvalue weighted by molar-refractivity contribution is 0.287. The fraction of sp³-hybridized carbons (Fsp3) is 0.120. The normalized spacial score (nSPS) is 12.3. The predicted molar refractivity (Wildman–Crippen MR) is 123 cm³/mol. The fourth-order valence-electron chi connectivity index (χ4n) is 3.87. The number of H-pyrrole nitrogens is 2. The van der Waals surface area contributed by atoms with E-state index in [4.69, 9.17) is 10.5 Å². The number of nitrogens with zero attached hydrogens (tertiary/aromatic N) is 1. The molecule has 0 aliphatic heterocycles. The number of rotatable bonds is 6. The highest BCUT2D eigenvalue weighted by atomic mass is 16.5. The summed E-state index contributed by atoms with van der Waals surface area (Å²) >= 11 is 0. The first-order chi connectivity index (χ1) is 15.2. The number of ether oxygens (including phenoxy) is 1. The lowest BCUT2D eigenvalue weighted by Crippen LogP contribution is -2.30. The van der Waals surface area contributed by atoms with Crippen molar-refractivity contribution in [2.75, 3.05) is 6.61 Å². The number of hydrogen-bond acceptors (Lipinski definition) is 4. The second-order valence-electron chi connectivity index (χ2n) is 7.65. The second-order valence-corrected chi connectivity index (χ2v) is 7.65. The molecule has 0 radical (unpaired) electrons. The van der Waals surface area contributed by atoms with Gasteiger partial charge in [-0.05, 0) is 53.3 Å². The minimum Gasteiger partial charge on any atom is -0.490 e. The van der Waals surface area contributed by atoms with Gasteiger partial charge in [0.2, 0.25) is 0 Å². The minimum atomic E-state index is -0.143. The second kappa shape index (κ2) is 8.08. The predicted octanol–water partition coefficient (Wildman–Crippen LogP) is 4.02. The first-order valence-corrected chi connectivity index (χ1v) is 10.2. The van der Waals surface area contributed by atoms with Gasteiger partial charge in [-0.3, -0.25) is 9.78 Å². The Hall–Kier alpha value is -3.90. The van der Waals surface area contributed by atoms with Crippen LogP contribution in [-0.4, -0.2) is 27.6 Å². The molecule has 4 N–H and O–H groups in total. The van der Waals surface area contributed by atoms with Crippen LogP contribution in [-0.2, 0) is 6.42 Å². The summed E-state index contributed by atoms with van der Waals surface area (Å²) in [6.45, 7) is 0.387. The third-order valence-corrected chi connectivity index (χ3v) is 5.44. The van der Waals surface area contributed by atoms with Crippen LogP contribution in [0.5, 0.6) is 5.75 Å². The van der Waals surface area contributed by atoms with Crippen molar-refractivity contribution in [2.24, 2.45) is 5.73 Å². The third-order valence-electron chi connectivity index (χ3n) is 5.44. The van der Waals surface area contributed by atoms with Gasteiger partial charge in [0.15, 0.2) is 0 Å². The molecular weight excluding hydrogens is 388 g/mol. The van der Waals surface area contributed by atoms with Crippen LogP contribution in [0.2, 0.25) is 0 Å². The molecule has 5 aromatic rings. The number of pyridine rings is 2. The number of fused-ring (bicyclic) bond motifs is 2. The van der Waals surface area contributed by atoms with Crippen molar-refractivity contribution < 1.29 is 4.74 Å². The van der Waals surface area contributed by atoms with Crippen LogP contribution in [0.15, 0.2) is 84.2 Å². The Morgan fingerprint density at radius 1 is 0.968 bits per heavy atom. The topological polar surface area (TPSA) is 96.8 Å². The molecule has 0 spiro atoms. The highest BCUT2D eigenvalue weighted by Crippen LogP contribution is 2.25. The standard InChI is InChI=1S/C25H22N4O2/c26-20(10-19-13-29-24-4-2-1-3-22(19)24)15-31-21-11-18(12-27-14-21)16-5-6-23-17(9-16)7-8-28-25(23)30/h1-9,11-14,20,29H,10,15,26H2,(H,28,30)/t20-/m0/s1. The van der Waals surface area contributed by atoms with Crippen LogP contribution >= 0.6 is 0 Å². The molecule has 0 bridgehead atoms. The van der Waals surface area contributed by atoms with E-state index in [-0.39, 0.29) is 11.6 Å². The van der Waals surface area contributed by atoms with E-state index in [1.807, 2.05) is 48.7 Å². The van der Waals surface area contributed by atoms with Crippen molar-refractivity contribution in [2.45, 2.75) is 12.5 Å². The van der Waals surface area contributed by atoms with Crippen molar-refractivity contribution in [3.63, 3.8) is 0 Å². The van der Waals surface area contributed by atoms with E-state index in [9.17, 15) is 4.79 Å². The van der Waals surface area contributed by atoms with Crippen LogP contribution < -0.4 is 16.0 Å². The van der Waals surface area contributed by atoms with Crippen molar-refractivity contribution in [3.05, 3.63) is 95.3 Å². The molecule has 0 saturated carbocycles. The quantitative estimate of drug-likeness (QED) is 0.394. The summed E-state index contributed by atoms with van der Waals surface area (Å²) < 4.78 is 5.94. The average Bonchev–Trinajstić information content (AvgIpc) is 3.21. The molecule has 6 heteroatoms. The maximum atomic E-state index is 11.9. The highest BCUT2D eigenvalue weighted by molar-refractivity contribution is 5.86. The van der Waals surface area contributed by atoms with E-state index in [1.165, 1.54) is 10.9 Å². The SMILES string of the molecule is N[C@H](COc1cncc(-c2ccc3c(=O)[nH]ccc3c2)c1)Cc1c[nH]c2ccccc12. The zero-order chi connectivity index (χ0) is 21.2. The van der Waals surface area contributed by atoms with Gasteiger partial charge >= 0.3 is 0 Å². The van der Waals surface area contributed by atoms with E-state index in [0.717, 1.165) is 28.5 Å². The van der Waals surface area contributed by atoms with Gasteiger partial charge in [-0.2, -0.15) is 0 Å². The summed E-state index contributed by atoms with van der Waals surface area (Å²) in [5.74, 6) is 0.665. The molecule has 0 saturated heterocycles. The number of nitrogens with two attached hydrogens (primary N) is 1. The Labute approximate surface area is 178 Å².